The summed E-state index contributed by atoms with van der Waals surface area (Å²) >= 11 is 0. The quantitative estimate of drug-likeness (QED) is 0.215. The molecule has 0 radical (unpaired) electrons. The van der Waals surface area contributed by atoms with Crippen LogP contribution in [0.1, 0.15) is 134 Å². The SMILES string of the molecule is CCCCCc1ccc(C#CC=CC2CCC(CCC3CCC(CCCCC)CC3)CC2)cc1. The van der Waals surface area contributed by atoms with Crippen LogP contribution in [0.15, 0.2) is 36.4 Å². The summed E-state index contributed by atoms with van der Waals surface area (Å²) in [6.07, 6.45) is 30.1. The van der Waals surface area contributed by atoms with Crippen molar-refractivity contribution in [2.75, 3.05) is 0 Å². The first-order chi connectivity index (χ1) is 16.8. The molecule has 0 aromatic heterocycles. The molecule has 0 nitrogen and oxygen atoms in total. The van der Waals surface area contributed by atoms with Gasteiger partial charge in [-0.2, -0.15) is 0 Å². The molecule has 3 rings (SSSR count). The van der Waals surface area contributed by atoms with Gasteiger partial charge in [0.05, 0.1) is 0 Å². The first kappa shape index (κ1) is 27.1. The molecule has 0 aliphatic heterocycles. The van der Waals surface area contributed by atoms with E-state index in [0.29, 0.717) is 0 Å². The van der Waals surface area contributed by atoms with Gasteiger partial charge in [0, 0.05) is 5.56 Å². The average molecular weight is 461 g/mol. The zero-order valence-corrected chi connectivity index (χ0v) is 22.5. The lowest BCUT2D eigenvalue weighted by Gasteiger charge is -2.31. The number of hydrogen-bond donors (Lipinski definition) is 0. The van der Waals surface area contributed by atoms with E-state index in [9.17, 15) is 0 Å². The van der Waals surface area contributed by atoms with Crippen molar-refractivity contribution in [3.05, 3.63) is 47.5 Å². The van der Waals surface area contributed by atoms with E-state index in [1.807, 2.05) is 0 Å². The Bertz CT molecular complexity index is 726. The summed E-state index contributed by atoms with van der Waals surface area (Å²) in [5, 5.41) is 0. The van der Waals surface area contributed by atoms with Gasteiger partial charge in [-0.05, 0) is 86.0 Å². The third-order valence-electron chi connectivity index (χ3n) is 8.75. The maximum atomic E-state index is 3.32. The van der Waals surface area contributed by atoms with Crippen molar-refractivity contribution in [2.45, 2.75) is 129 Å². The molecule has 1 aromatic carbocycles. The Morgan fingerprint density at radius 2 is 1.24 bits per heavy atom. The van der Waals surface area contributed by atoms with E-state index in [1.54, 1.807) is 0 Å². The molecule has 188 valence electrons. The van der Waals surface area contributed by atoms with E-state index in [0.717, 1.165) is 29.2 Å². The van der Waals surface area contributed by atoms with E-state index in [2.05, 4.69) is 62.1 Å². The average Bonchev–Trinajstić information content (AvgIpc) is 2.88. The minimum absolute atomic E-state index is 0.755. The maximum absolute atomic E-state index is 3.32. The lowest BCUT2D eigenvalue weighted by molar-refractivity contribution is 0.219. The number of unbranched alkanes of at least 4 members (excludes halogenated alkanes) is 4. The number of rotatable bonds is 12. The fraction of sp³-hybridized carbons (Fsp3) is 0.706. The summed E-state index contributed by atoms with van der Waals surface area (Å²) < 4.78 is 0. The molecule has 0 atom stereocenters. The molecule has 34 heavy (non-hydrogen) atoms. The van der Waals surface area contributed by atoms with Crippen LogP contribution >= 0.6 is 0 Å². The second-order valence-electron chi connectivity index (χ2n) is 11.5. The molecule has 0 heteroatoms. The van der Waals surface area contributed by atoms with Crippen LogP contribution in [0, 0.1) is 35.5 Å². The molecule has 2 saturated carbocycles. The highest BCUT2D eigenvalue weighted by Crippen LogP contribution is 2.38. The van der Waals surface area contributed by atoms with Crippen molar-refractivity contribution < 1.29 is 0 Å². The van der Waals surface area contributed by atoms with E-state index in [4.69, 9.17) is 0 Å². The van der Waals surface area contributed by atoms with Gasteiger partial charge in [0.2, 0.25) is 0 Å². The Kier molecular flexibility index (Phi) is 13.0. The Morgan fingerprint density at radius 3 is 1.85 bits per heavy atom. The van der Waals surface area contributed by atoms with E-state index >= 15 is 0 Å². The lowest BCUT2D eigenvalue weighted by atomic mass is 9.75. The molecule has 0 bridgehead atoms. The first-order valence-corrected chi connectivity index (χ1v) is 15.0. The van der Waals surface area contributed by atoms with Crippen LogP contribution in [0.4, 0.5) is 0 Å². The fourth-order valence-electron chi connectivity index (χ4n) is 6.28. The van der Waals surface area contributed by atoms with Gasteiger partial charge in [-0.1, -0.05) is 121 Å². The summed E-state index contributed by atoms with van der Waals surface area (Å²) in [4.78, 5) is 0. The second kappa shape index (κ2) is 16.2. The third kappa shape index (κ3) is 10.4. The Labute approximate surface area is 212 Å². The van der Waals surface area contributed by atoms with Crippen LogP contribution in [0.3, 0.4) is 0 Å². The summed E-state index contributed by atoms with van der Waals surface area (Å²) in [6, 6.07) is 8.88. The zero-order valence-electron chi connectivity index (χ0n) is 22.5. The number of hydrogen-bond acceptors (Lipinski definition) is 0. The molecule has 1 aromatic rings. The van der Waals surface area contributed by atoms with Crippen molar-refractivity contribution in [1.29, 1.82) is 0 Å². The molecule has 0 saturated heterocycles. The van der Waals surface area contributed by atoms with E-state index in [-0.39, 0.29) is 0 Å². The monoisotopic (exact) mass is 460 g/mol. The topological polar surface area (TPSA) is 0 Å². The van der Waals surface area contributed by atoms with Crippen molar-refractivity contribution in [1.82, 2.24) is 0 Å². The van der Waals surface area contributed by atoms with Gasteiger partial charge in [-0.3, -0.25) is 0 Å². The third-order valence-corrected chi connectivity index (χ3v) is 8.75. The molecule has 2 aliphatic carbocycles. The number of benzene rings is 1. The molecule has 0 unspecified atom stereocenters. The van der Waals surface area contributed by atoms with Crippen LogP contribution in [-0.4, -0.2) is 0 Å². The minimum atomic E-state index is 0.755. The number of aryl methyl sites for hydroxylation is 1. The van der Waals surface area contributed by atoms with Crippen LogP contribution in [0.2, 0.25) is 0 Å². The van der Waals surface area contributed by atoms with Crippen molar-refractivity contribution in [3.63, 3.8) is 0 Å². The Hall–Kier alpha value is -1.48. The molecule has 0 heterocycles. The summed E-state index contributed by atoms with van der Waals surface area (Å²) in [5.74, 6) is 10.5. The summed E-state index contributed by atoms with van der Waals surface area (Å²) in [5.41, 5.74) is 2.59. The minimum Gasteiger partial charge on any atom is -0.0730 e. The highest BCUT2D eigenvalue weighted by molar-refractivity contribution is 5.38. The van der Waals surface area contributed by atoms with E-state index < -0.39 is 0 Å². The standard InChI is InChI=1S/C34H52/c1-3-5-7-11-29-15-17-31(18-16-29)13-9-10-14-32-21-25-34(26-22-32)28-27-33-23-19-30(20-24-33)12-8-6-4-2/h10,14-18,30,32-34H,3-8,11-12,19-28H2,1-2H3. The molecule has 2 aliphatic rings. The van der Waals surface area contributed by atoms with Crippen LogP contribution in [-0.2, 0) is 6.42 Å². The van der Waals surface area contributed by atoms with Gasteiger partial charge < -0.3 is 0 Å². The molecular formula is C34H52. The van der Waals surface area contributed by atoms with E-state index in [1.165, 1.54) is 121 Å². The molecule has 0 N–H and O–H groups in total. The van der Waals surface area contributed by atoms with Gasteiger partial charge in [-0.25, -0.2) is 0 Å². The molecule has 2 fully saturated rings. The zero-order chi connectivity index (χ0) is 23.8. The van der Waals surface area contributed by atoms with Crippen molar-refractivity contribution >= 4 is 0 Å². The molecular weight excluding hydrogens is 408 g/mol. The normalized spacial score (nSPS) is 25.2. The predicted molar refractivity (Wildman–Crippen MR) is 150 cm³/mol. The van der Waals surface area contributed by atoms with Gasteiger partial charge in [-0.15, -0.1) is 0 Å². The highest BCUT2D eigenvalue weighted by Gasteiger charge is 2.24. The maximum Gasteiger partial charge on any atom is 0.0249 e. The molecule has 0 amide bonds. The first-order valence-electron chi connectivity index (χ1n) is 15.0. The van der Waals surface area contributed by atoms with Gasteiger partial charge in [0.1, 0.15) is 0 Å². The summed E-state index contributed by atoms with van der Waals surface area (Å²) in [7, 11) is 0. The lowest BCUT2D eigenvalue weighted by Crippen LogP contribution is -2.17. The largest absolute Gasteiger partial charge is 0.0730 e. The van der Waals surface area contributed by atoms with Gasteiger partial charge in [0.15, 0.2) is 0 Å². The van der Waals surface area contributed by atoms with Crippen LogP contribution in [0.25, 0.3) is 0 Å². The Balaban J connectivity index is 1.27. The fourth-order valence-corrected chi connectivity index (χ4v) is 6.28. The predicted octanol–water partition coefficient (Wildman–Crippen LogP) is 10.3. The highest BCUT2D eigenvalue weighted by atomic mass is 14.3. The van der Waals surface area contributed by atoms with Crippen molar-refractivity contribution in [2.24, 2.45) is 23.7 Å². The summed E-state index contributed by atoms with van der Waals surface area (Å²) in [6.45, 7) is 4.59. The van der Waals surface area contributed by atoms with Gasteiger partial charge in [0.25, 0.3) is 0 Å². The molecule has 0 spiro atoms. The van der Waals surface area contributed by atoms with Crippen molar-refractivity contribution in [3.8, 4) is 11.8 Å². The Morgan fingerprint density at radius 1 is 0.676 bits per heavy atom. The smallest absolute Gasteiger partial charge is 0.0249 e. The second-order valence-corrected chi connectivity index (χ2v) is 11.5. The van der Waals surface area contributed by atoms with Crippen LogP contribution in [0.5, 0.6) is 0 Å². The van der Waals surface area contributed by atoms with Gasteiger partial charge >= 0.3 is 0 Å². The van der Waals surface area contributed by atoms with Crippen LogP contribution < -0.4 is 0 Å². The number of allylic oxidation sites excluding steroid dienone is 2.